The lowest BCUT2D eigenvalue weighted by Crippen LogP contribution is -2.51. The number of anilines is 3. The van der Waals surface area contributed by atoms with E-state index in [1.807, 2.05) is 24.3 Å². The van der Waals surface area contributed by atoms with E-state index in [4.69, 9.17) is 12.2 Å². The van der Waals surface area contributed by atoms with E-state index in [1.54, 1.807) is 6.33 Å². The Kier molecular flexibility index (Phi) is 6.05. The molecule has 4 aromatic rings. The second kappa shape index (κ2) is 9.43. The van der Waals surface area contributed by atoms with Crippen LogP contribution in [-0.4, -0.2) is 52.1 Å². The molecule has 8 nitrogen and oxygen atoms in total. The number of aromatic nitrogens is 3. The Morgan fingerprint density at radius 3 is 2.37 bits per heavy atom. The summed E-state index contributed by atoms with van der Waals surface area (Å²) in [5.74, 6) is 1.03. The van der Waals surface area contributed by atoms with Crippen molar-refractivity contribution in [3.05, 3.63) is 54.4 Å². The molecular weight excluding hydrogens is 515 g/mol. The zero-order valence-corrected chi connectivity index (χ0v) is 21.0. The van der Waals surface area contributed by atoms with Gasteiger partial charge in [0.25, 0.3) is 0 Å². The number of carbonyl (C=O) groups excluding carboxylic acids is 1. The number of amides is 1. The number of H-pyrrole nitrogens is 2. The number of carbonyl (C=O) groups is 1. The van der Waals surface area contributed by atoms with Gasteiger partial charge in [-0.1, -0.05) is 11.1 Å². The molecule has 0 unspecified atom stereocenters. The highest BCUT2D eigenvalue weighted by Crippen LogP contribution is 2.35. The number of thiocarbonyl (C=S) groups is 1. The Bertz CT molecular complexity index is 1520. The van der Waals surface area contributed by atoms with E-state index in [-0.39, 0.29) is 11.8 Å². The van der Waals surface area contributed by atoms with Gasteiger partial charge in [0.15, 0.2) is 5.11 Å². The summed E-state index contributed by atoms with van der Waals surface area (Å²) in [5, 5.41) is 8.24. The van der Waals surface area contributed by atoms with Crippen LogP contribution in [0.2, 0.25) is 0 Å². The fourth-order valence-corrected chi connectivity index (χ4v) is 5.04. The molecule has 1 aliphatic heterocycles. The highest BCUT2D eigenvalue weighted by molar-refractivity contribution is 7.80. The maximum absolute atomic E-state index is 13.2. The second-order valence-corrected chi connectivity index (χ2v) is 9.99. The molecule has 12 heteroatoms. The van der Waals surface area contributed by atoms with Crippen molar-refractivity contribution in [2.45, 2.75) is 19.0 Å². The first-order valence-electron chi connectivity index (χ1n) is 12.4. The molecule has 196 valence electrons. The first-order chi connectivity index (χ1) is 18.3. The van der Waals surface area contributed by atoms with Gasteiger partial charge in [0.1, 0.15) is 5.39 Å². The number of piperazine rings is 1. The number of hydrogen-bond acceptors (Lipinski definition) is 4. The number of rotatable bonds is 4. The SMILES string of the molecule is O=C(Nc1ccc(NC(=S)N2CCN(c3[nH+]cnc4[nH]c5cc(C(F)(F)F)ccc5c34)CC2)cc1)C1CC1. The predicted molar refractivity (Wildman–Crippen MR) is 143 cm³/mol. The van der Waals surface area contributed by atoms with Crippen LogP contribution in [0.25, 0.3) is 21.9 Å². The number of aromatic amines is 2. The molecule has 1 saturated heterocycles. The molecule has 6 rings (SSSR count). The summed E-state index contributed by atoms with van der Waals surface area (Å²) in [6.07, 6.45) is -0.943. The topological polar surface area (TPSA) is 90.4 Å². The zero-order valence-electron chi connectivity index (χ0n) is 20.2. The molecular formula is C26H25F3N7OS+. The van der Waals surface area contributed by atoms with Crippen LogP contribution in [0.3, 0.4) is 0 Å². The molecule has 0 atom stereocenters. The van der Waals surface area contributed by atoms with Crippen LogP contribution >= 0.6 is 12.2 Å². The lowest BCUT2D eigenvalue weighted by atomic mass is 10.1. The second-order valence-electron chi connectivity index (χ2n) is 9.60. The molecule has 2 fully saturated rings. The minimum absolute atomic E-state index is 0.0708. The highest BCUT2D eigenvalue weighted by atomic mass is 32.1. The first-order valence-corrected chi connectivity index (χ1v) is 12.8. The fourth-order valence-electron chi connectivity index (χ4n) is 4.74. The predicted octanol–water partition coefficient (Wildman–Crippen LogP) is 4.42. The molecule has 38 heavy (non-hydrogen) atoms. The van der Waals surface area contributed by atoms with Crippen LogP contribution in [0.1, 0.15) is 18.4 Å². The minimum Gasteiger partial charge on any atom is -0.343 e. The third-order valence-electron chi connectivity index (χ3n) is 6.97. The Balaban J connectivity index is 1.12. The molecule has 2 aromatic heterocycles. The number of alkyl halides is 3. The van der Waals surface area contributed by atoms with Gasteiger partial charge in [-0.05, 0) is 61.5 Å². The molecule has 1 amide bonds. The molecule has 2 aromatic carbocycles. The Morgan fingerprint density at radius 2 is 1.71 bits per heavy atom. The van der Waals surface area contributed by atoms with Gasteiger partial charge < -0.3 is 20.5 Å². The quantitative estimate of drug-likeness (QED) is 0.332. The minimum atomic E-state index is -4.41. The summed E-state index contributed by atoms with van der Waals surface area (Å²) in [7, 11) is 0. The number of fused-ring (bicyclic) bond motifs is 3. The molecule has 1 saturated carbocycles. The average molecular weight is 541 g/mol. The monoisotopic (exact) mass is 540 g/mol. The Morgan fingerprint density at radius 1 is 1.03 bits per heavy atom. The maximum Gasteiger partial charge on any atom is 0.416 e. The van der Waals surface area contributed by atoms with Gasteiger partial charge in [-0.2, -0.15) is 13.2 Å². The van der Waals surface area contributed by atoms with Crippen molar-refractivity contribution in [3.8, 4) is 0 Å². The molecule has 3 heterocycles. The van der Waals surface area contributed by atoms with E-state index in [9.17, 15) is 18.0 Å². The van der Waals surface area contributed by atoms with E-state index in [1.165, 1.54) is 6.07 Å². The number of halogens is 3. The van der Waals surface area contributed by atoms with E-state index < -0.39 is 11.7 Å². The van der Waals surface area contributed by atoms with Gasteiger partial charge in [0, 0.05) is 28.2 Å². The number of hydrogen-bond donors (Lipinski definition) is 3. The van der Waals surface area contributed by atoms with Crippen molar-refractivity contribution in [1.82, 2.24) is 14.9 Å². The molecule has 2 aliphatic rings. The first kappa shape index (κ1) is 24.4. The number of nitrogens with zero attached hydrogens (tertiary/aromatic N) is 3. The largest absolute Gasteiger partial charge is 0.416 e. The van der Waals surface area contributed by atoms with E-state index >= 15 is 0 Å². The van der Waals surface area contributed by atoms with Crippen molar-refractivity contribution in [3.63, 3.8) is 0 Å². The fraction of sp³-hybridized carbons (Fsp3) is 0.308. The summed E-state index contributed by atoms with van der Waals surface area (Å²) >= 11 is 5.64. The van der Waals surface area contributed by atoms with Crippen LogP contribution in [0, 0.1) is 5.92 Å². The van der Waals surface area contributed by atoms with Crippen molar-refractivity contribution in [1.29, 1.82) is 0 Å². The lowest BCUT2D eigenvalue weighted by Gasteiger charge is -2.34. The van der Waals surface area contributed by atoms with Crippen LogP contribution in [-0.2, 0) is 11.0 Å². The standard InChI is InChI=1S/C26H24F3N7OS/c27-26(28,29)16-3-8-19-20(13-16)34-22-21(19)23(31-14-30-22)35-9-11-36(12-10-35)25(38)33-18-6-4-17(5-7-18)32-24(37)15-1-2-15/h3-8,13-15H,1-2,9-12H2,(H,32,37)(H,33,38)(H,30,31,34)/p+1. The van der Waals surface area contributed by atoms with Gasteiger partial charge >= 0.3 is 6.18 Å². The molecule has 1 aliphatic carbocycles. The van der Waals surface area contributed by atoms with Crippen molar-refractivity contribution >= 4 is 62.4 Å². The third-order valence-corrected chi connectivity index (χ3v) is 7.33. The summed E-state index contributed by atoms with van der Waals surface area (Å²) in [5.41, 5.74) is 1.82. The summed E-state index contributed by atoms with van der Waals surface area (Å²) in [4.78, 5) is 26.7. The molecule has 0 radical (unpaired) electrons. The molecule has 0 bridgehead atoms. The van der Waals surface area contributed by atoms with Gasteiger partial charge in [-0.15, -0.1) is 0 Å². The van der Waals surface area contributed by atoms with Crippen LogP contribution < -0.4 is 20.5 Å². The zero-order chi connectivity index (χ0) is 26.4. The average Bonchev–Trinajstić information content (AvgIpc) is 3.69. The normalized spacial score (nSPS) is 16.2. The van der Waals surface area contributed by atoms with Crippen molar-refractivity contribution in [2.75, 3.05) is 41.7 Å². The Labute approximate surface area is 221 Å². The van der Waals surface area contributed by atoms with E-state index in [2.05, 4.69) is 35.4 Å². The van der Waals surface area contributed by atoms with Gasteiger partial charge in [0.05, 0.1) is 31.7 Å². The van der Waals surface area contributed by atoms with E-state index in [0.717, 1.165) is 47.6 Å². The highest BCUT2D eigenvalue weighted by Gasteiger charge is 2.32. The lowest BCUT2D eigenvalue weighted by molar-refractivity contribution is -0.367. The number of benzene rings is 2. The van der Waals surface area contributed by atoms with Crippen molar-refractivity contribution < 1.29 is 22.9 Å². The van der Waals surface area contributed by atoms with Gasteiger partial charge in [0.2, 0.25) is 23.7 Å². The van der Waals surface area contributed by atoms with Crippen LogP contribution in [0.4, 0.5) is 30.4 Å². The number of nitrogens with one attached hydrogen (secondary N) is 4. The Hall–Kier alpha value is -3.93. The smallest absolute Gasteiger partial charge is 0.343 e. The molecule has 4 N–H and O–H groups in total. The summed E-state index contributed by atoms with van der Waals surface area (Å²) in [6, 6.07) is 11.2. The summed E-state index contributed by atoms with van der Waals surface area (Å²) in [6.45, 7) is 2.66. The van der Waals surface area contributed by atoms with Crippen molar-refractivity contribution in [2.24, 2.45) is 5.92 Å². The van der Waals surface area contributed by atoms with E-state index in [0.29, 0.717) is 47.8 Å². The molecule has 0 spiro atoms. The van der Waals surface area contributed by atoms with Crippen LogP contribution in [0.5, 0.6) is 0 Å². The maximum atomic E-state index is 13.2. The van der Waals surface area contributed by atoms with Gasteiger partial charge in [-0.25, -0.2) is 4.98 Å². The summed E-state index contributed by atoms with van der Waals surface area (Å²) < 4.78 is 39.6. The van der Waals surface area contributed by atoms with Crippen LogP contribution in [0.15, 0.2) is 48.8 Å². The third kappa shape index (κ3) is 4.83. The van der Waals surface area contributed by atoms with Gasteiger partial charge in [-0.3, -0.25) is 9.69 Å².